The molecule has 1 aromatic carbocycles. The molecule has 0 aliphatic carbocycles. The third-order valence-electron chi connectivity index (χ3n) is 2.83. The summed E-state index contributed by atoms with van der Waals surface area (Å²) >= 11 is 0. The summed E-state index contributed by atoms with van der Waals surface area (Å²) in [5, 5.41) is 2.92. The molecule has 0 saturated heterocycles. The number of nitrogens with one attached hydrogen (secondary N) is 1. The second-order valence-electron chi connectivity index (χ2n) is 4.81. The van der Waals surface area contributed by atoms with Crippen LogP contribution >= 0.6 is 0 Å². The molecule has 1 unspecified atom stereocenters. The van der Waals surface area contributed by atoms with Gasteiger partial charge in [0.15, 0.2) is 6.61 Å². The van der Waals surface area contributed by atoms with Crippen molar-refractivity contribution in [2.45, 2.75) is 46.6 Å². The van der Waals surface area contributed by atoms with E-state index in [0.717, 1.165) is 29.7 Å². The van der Waals surface area contributed by atoms with Gasteiger partial charge in [0.2, 0.25) is 0 Å². The first kappa shape index (κ1) is 14.6. The van der Waals surface area contributed by atoms with E-state index in [1.54, 1.807) is 0 Å². The molecule has 0 aliphatic rings. The zero-order valence-corrected chi connectivity index (χ0v) is 11.7. The first-order chi connectivity index (χ1) is 8.52. The van der Waals surface area contributed by atoms with Crippen molar-refractivity contribution < 1.29 is 9.53 Å². The first-order valence-electron chi connectivity index (χ1n) is 6.52. The van der Waals surface area contributed by atoms with Gasteiger partial charge in [0.25, 0.3) is 5.91 Å². The van der Waals surface area contributed by atoms with Crippen molar-refractivity contribution >= 4 is 5.91 Å². The van der Waals surface area contributed by atoms with Crippen LogP contribution in [0.1, 0.15) is 37.8 Å². The SMILES string of the molecule is CCCC(C)NC(=O)COc1cc(C)ccc1C. The van der Waals surface area contributed by atoms with Crippen LogP contribution in [0.25, 0.3) is 0 Å². The van der Waals surface area contributed by atoms with Crippen LogP contribution in [0.5, 0.6) is 5.75 Å². The molecular weight excluding hydrogens is 226 g/mol. The van der Waals surface area contributed by atoms with Crippen LogP contribution in [0.2, 0.25) is 0 Å². The fourth-order valence-electron chi connectivity index (χ4n) is 1.83. The van der Waals surface area contributed by atoms with Crippen molar-refractivity contribution in [1.82, 2.24) is 5.32 Å². The Morgan fingerprint density at radius 2 is 2.11 bits per heavy atom. The summed E-state index contributed by atoms with van der Waals surface area (Å²) in [6.07, 6.45) is 2.06. The molecule has 3 nitrogen and oxygen atoms in total. The van der Waals surface area contributed by atoms with E-state index in [0.29, 0.717) is 0 Å². The minimum Gasteiger partial charge on any atom is -0.483 e. The molecule has 0 bridgehead atoms. The summed E-state index contributed by atoms with van der Waals surface area (Å²) in [5.74, 6) is 0.727. The van der Waals surface area contributed by atoms with Crippen LogP contribution in [-0.2, 0) is 4.79 Å². The second kappa shape index (κ2) is 7.04. The molecule has 0 aliphatic heterocycles. The average Bonchev–Trinajstić information content (AvgIpc) is 2.30. The Kier molecular flexibility index (Phi) is 5.69. The van der Waals surface area contributed by atoms with E-state index >= 15 is 0 Å². The van der Waals surface area contributed by atoms with Gasteiger partial charge in [-0.1, -0.05) is 25.5 Å². The van der Waals surface area contributed by atoms with Gasteiger partial charge in [0, 0.05) is 6.04 Å². The van der Waals surface area contributed by atoms with E-state index in [-0.39, 0.29) is 18.6 Å². The molecule has 1 rings (SSSR count). The number of benzene rings is 1. The van der Waals surface area contributed by atoms with Gasteiger partial charge in [0.1, 0.15) is 5.75 Å². The summed E-state index contributed by atoms with van der Waals surface area (Å²) in [6, 6.07) is 6.20. The highest BCUT2D eigenvalue weighted by Crippen LogP contribution is 2.18. The number of aryl methyl sites for hydroxylation is 2. The summed E-state index contributed by atoms with van der Waals surface area (Å²) < 4.78 is 5.55. The molecule has 18 heavy (non-hydrogen) atoms. The van der Waals surface area contributed by atoms with Gasteiger partial charge < -0.3 is 10.1 Å². The number of rotatable bonds is 6. The Morgan fingerprint density at radius 3 is 2.78 bits per heavy atom. The van der Waals surface area contributed by atoms with E-state index in [1.165, 1.54) is 0 Å². The normalized spacial score (nSPS) is 12.0. The maximum atomic E-state index is 11.7. The van der Waals surface area contributed by atoms with Crippen LogP contribution in [0.15, 0.2) is 18.2 Å². The Labute approximate surface area is 110 Å². The summed E-state index contributed by atoms with van der Waals surface area (Å²) in [7, 11) is 0. The van der Waals surface area contributed by atoms with Crippen molar-refractivity contribution in [3.8, 4) is 5.75 Å². The lowest BCUT2D eigenvalue weighted by atomic mass is 10.1. The zero-order valence-electron chi connectivity index (χ0n) is 11.7. The summed E-state index contributed by atoms with van der Waals surface area (Å²) in [6.45, 7) is 8.19. The minimum absolute atomic E-state index is 0.0585. The molecule has 0 radical (unpaired) electrons. The Balaban J connectivity index is 2.45. The minimum atomic E-state index is -0.0585. The zero-order chi connectivity index (χ0) is 13.5. The first-order valence-corrected chi connectivity index (χ1v) is 6.52. The van der Waals surface area contributed by atoms with Crippen LogP contribution in [0, 0.1) is 13.8 Å². The van der Waals surface area contributed by atoms with Crippen molar-refractivity contribution in [2.24, 2.45) is 0 Å². The largest absolute Gasteiger partial charge is 0.483 e. The van der Waals surface area contributed by atoms with E-state index < -0.39 is 0 Å². The van der Waals surface area contributed by atoms with Gasteiger partial charge in [-0.05, 0) is 44.4 Å². The van der Waals surface area contributed by atoms with E-state index in [2.05, 4.69) is 12.2 Å². The van der Waals surface area contributed by atoms with Crippen molar-refractivity contribution in [2.75, 3.05) is 6.61 Å². The Bertz CT molecular complexity index is 401. The molecule has 0 fully saturated rings. The monoisotopic (exact) mass is 249 g/mol. The van der Waals surface area contributed by atoms with Crippen LogP contribution in [0.3, 0.4) is 0 Å². The van der Waals surface area contributed by atoms with Gasteiger partial charge in [0.05, 0.1) is 0 Å². The van der Waals surface area contributed by atoms with Crippen molar-refractivity contribution in [3.05, 3.63) is 29.3 Å². The number of hydrogen-bond acceptors (Lipinski definition) is 2. The van der Waals surface area contributed by atoms with Gasteiger partial charge >= 0.3 is 0 Å². The molecule has 1 amide bonds. The van der Waals surface area contributed by atoms with Crippen LogP contribution in [0.4, 0.5) is 0 Å². The fourth-order valence-corrected chi connectivity index (χ4v) is 1.83. The highest BCUT2D eigenvalue weighted by atomic mass is 16.5. The predicted molar refractivity (Wildman–Crippen MR) is 73.9 cm³/mol. The molecule has 0 aromatic heterocycles. The maximum absolute atomic E-state index is 11.7. The van der Waals surface area contributed by atoms with Gasteiger partial charge in [-0.25, -0.2) is 0 Å². The lowest BCUT2D eigenvalue weighted by Gasteiger charge is -2.14. The van der Waals surface area contributed by atoms with E-state index in [4.69, 9.17) is 4.74 Å². The molecule has 1 atom stereocenters. The lowest BCUT2D eigenvalue weighted by Crippen LogP contribution is -2.36. The quantitative estimate of drug-likeness (QED) is 0.841. The number of amides is 1. The Morgan fingerprint density at radius 1 is 1.39 bits per heavy atom. The third kappa shape index (κ3) is 4.78. The topological polar surface area (TPSA) is 38.3 Å². The average molecular weight is 249 g/mol. The second-order valence-corrected chi connectivity index (χ2v) is 4.81. The van der Waals surface area contributed by atoms with Gasteiger partial charge in [-0.15, -0.1) is 0 Å². The lowest BCUT2D eigenvalue weighted by molar-refractivity contribution is -0.123. The maximum Gasteiger partial charge on any atom is 0.258 e. The number of hydrogen-bond donors (Lipinski definition) is 1. The predicted octanol–water partition coefficient (Wildman–Crippen LogP) is 2.99. The standard InChI is InChI=1S/C15H23NO2/c1-5-6-13(4)16-15(17)10-18-14-9-11(2)7-8-12(14)3/h7-9,13H,5-6,10H2,1-4H3,(H,16,17). The fraction of sp³-hybridized carbons (Fsp3) is 0.533. The van der Waals surface area contributed by atoms with E-state index in [1.807, 2.05) is 39.0 Å². The molecule has 0 spiro atoms. The summed E-state index contributed by atoms with van der Waals surface area (Å²) in [4.78, 5) is 11.7. The molecule has 1 N–H and O–H groups in total. The van der Waals surface area contributed by atoms with Gasteiger partial charge in [-0.3, -0.25) is 4.79 Å². The van der Waals surface area contributed by atoms with Crippen LogP contribution in [-0.4, -0.2) is 18.6 Å². The number of carbonyl (C=O) groups excluding carboxylic acids is 1. The molecule has 0 heterocycles. The molecule has 0 saturated carbocycles. The number of ether oxygens (including phenoxy) is 1. The molecule has 100 valence electrons. The highest BCUT2D eigenvalue weighted by molar-refractivity contribution is 5.77. The molecule has 1 aromatic rings. The van der Waals surface area contributed by atoms with Crippen molar-refractivity contribution in [3.63, 3.8) is 0 Å². The van der Waals surface area contributed by atoms with E-state index in [9.17, 15) is 4.79 Å². The summed E-state index contributed by atoms with van der Waals surface area (Å²) in [5.41, 5.74) is 2.19. The molecule has 3 heteroatoms. The number of carbonyl (C=O) groups is 1. The third-order valence-corrected chi connectivity index (χ3v) is 2.83. The van der Waals surface area contributed by atoms with Crippen LogP contribution < -0.4 is 10.1 Å². The highest BCUT2D eigenvalue weighted by Gasteiger charge is 2.08. The Hall–Kier alpha value is -1.51. The smallest absolute Gasteiger partial charge is 0.258 e. The van der Waals surface area contributed by atoms with Gasteiger partial charge in [-0.2, -0.15) is 0 Å². The van der Waals surface area contributed by atoms with Crippen molar-refractivity contribution in [1.29, 1.82) is 0 Å². The molecular formula is C15H23NO2.